The lowest BCUT2D eigenvalue weighted by Gasteiger charge is -2.31. The largest absolute Gasteiger partial charge is 0.369 e. The highest BCUT2D eigenvalue weighted by Crippen LogP contribution is 2.25. The fourth-order valence-electron chi connectivity index (χ4n) is 1.45. The van der Waals surface area contributed by atoms with Gasteiger partial charge in [-0.2, -0.15) is 0 Å². The van der Waals surface area contributed by atoms with E-state index in [0.717, 1.165) is 6.61 Å². The van der Waals surface area contributed by atoms with Gasteiger partial charge in [-0.1, -0.05) is 0 Å². The lowest BCUT2D eigenvalue weighted by Crippen LogP contribution is -2.43. The van der Waals surface area contributed by atoms with Crippen molar-refractivity contribution >= 4 is 0 Å². The van der Waals surface area contributed by atoms with Crippen molar-refractivity contribution in [1.29, 1.82) is 0 Å². The Balaban J connectivity index is 2.57. The zero-order valence-corrected chi connectivity index (χ0v) is 7.76. The Labute approximate surface area is 68.3 Å². The summed E-state index contributed by atoms with van der Waals surface area (Å²) in [5.74, 6) is 0. The van der Waals surface area contributed by atoms with Gasteiger partial charge < -0.3 is 9.47 Å². The van der Waals surface area contributed by atoms with Crippen LogP contribution in [0.15, 0.2) is 0 Å². The molecule has 3 heteroatoms. The van der Waals surface area contributed by atoms with Crippen LogP contribution in [0.5, 0.6) is 0 Å². The Bertz CT molecular complexity index is 136. The monoisotopic (exact) mass is 159 g/mol. The first-order valence-electron chi connectivity index (χ1n) is 3.97. The number of methoxy groups -OCH3 is 1. The minimum Gasteiger partial charge on any atom is -0.369 e. The van der Waals surface area contributed by atoms with Crippen LogP contribution in [0, 0.1) is 0 Å². The lowest BCUT2D eigenvalue weighted by atomic mass is 10.2. The zero-order valence-electron chi connectivity index (χ0n) is 7.76. The Morgan fingerprint density at radius 3 is 2.64 bits per heavy atom. The average molecular weight is 159 g/mol. The molecular weight excluding hydrogens is 142 g/mol. The van der Waals surface area contributed by atoms with Gasteiger partial charge in [0.1, 0.15) is 12.5 Å². The van der Waals surface area contributed by atoms with Gasteiger partial charge in [0.05, 0.1) is 6.61 Å². The van der Waals surface area contributed by atoms with Gasteiger partial charge in [0.2, 0.25) is 0 Å². The summed E-state index contributed by atoms with van der Waals surface area (Å²) >= 11 is 0. The molecule has 0 aliphatic carbocycles. The van der Waals surface area contributed by atoms with E-state index in [1.807, 2.05) is 0 Å². The fraction of sp³-hybridized carbons (Fsp3) is 1.00. The summed E-state index contributed by atoms with van der Waals surface area (Å²) < 4.78 is 10.6. The van der Waals surface area contributed by atoms with Crippen molar-refractivity contribution < 1.29 is 9.47 Å². The topological polar surface area (TPSA) is 21.7 Å². The normalized spacial score (nSPS) is 31.1. The Hall–Kier alpha value is -0.120. The van der Waals surface area contributed by atoms with Gasteiger partial charge in [-0.05, 0) is 20.8 Å². The number of ether oxygens (including phenoxy) is 2. The summed E-state index contributed by atoms with van der Waals surface area (Å²) in [5.41, 5.74) is -0.157. The molecule has 0 spiro atoms. The number of nitrogens with zero attached hydrogens (tertiary/aromatic N) is 1. The predicted octanol–water partition coefficient (Wildman–Crippen LogP) is 1.05. The molecule has 1 fully saturated rings. The van der Waals surface area contributed by atoms with Crippen LogP contribution in [-0.4, -0.2) is 37.1 Å². The van der Waals surface area contributed by atoms with Gasteiger partial charge in [0, 0.05) is 13.2 Å². The third kappa shape index (κ3) is 1.72. The summed E-state index contributed by atoms with van der Waals surface area (Å²) in [7, 11) is 1.71. The highest BCUT2D eigenvalue weighted by atomic mass is 16.5. The van der Waals surface area contributed by atoms with Crippen molar-refractivity contribution in [1.82, 2.24) is 4.90 Å². The molecule has 0 aromatic rings. The van der Waals surface area contributed by atoms with Crippen LogP contribution in [0.2, 0.25) is 0 Å². The van der Waals surface area contributed by atoms with E-state index in [1.54, 1.807) is 7.11 Å². The molecule has 3 nitrogen and oxygen atoms in total. The van der Waals surface area contributed by atoms with Gasteiger partial charge in [0.15, 0.2) is 0 Å². The average Bonchev–Trinajstić information content (AvgIpc) is 2.16. The predicted molar refractivity (Wildman–Crippen MR) is 43.2 cm³/mol. The van der Waals surface area contributed by atoms with E-state index in [4.69, 9.17) is 9.47 Å². The van der Waals surface area contributed by atoms with E-state index in [-0.39, 0.29) is 5.72 Å². The molecule has 66 valence electrons. The molecule has 0 unspecified atom stereocenters. The molecule has 1 saturated heterocycles. The SMILES string of the molecule is COCN1[C@@H](C)COC1(C)C. The first-order chi connectivity index (χ1) is 5.08. The molecule has 1 rings (SSSR count). The molecule has 11 heavy (non-hydrogen) atoms. The molecule has 1 heterocycles. The van der Waals surface area contributed by atoms with Gasteiger partial charge in [-0.15, -0.1) is 0 Å². The minimum absolute atomic E-state index is 0.157. The van der Waals surface area contributed by atoms with Crippen LogP contribution >= 0.6 is 0 Å². The maximum absolute atomic E-state index is 5.56. The summed E-state index contributed by atoms with van der Waals surface area (Å²) in [6.07, 6.45) is 0. The molecule has 0 saturated carbocycles. The van der Waals surface area contributed by atoms with E-state index < -0.39 is 0 Å². The standard InChI is InChI=1S/C8H17NO2/c1-7-5-11-8(2,3)9(7)6-10-4/h7H,5-6H2,1-4H3/t7-/m0/s1. The summed E-state index contributed by atoms with van der Waals surface area (Å²) in [4.78, 5) is 2.20. The van der Waals surface area contributed by atoms with Gasteiger partial charge in [-0.25, -0.2) is 4.90 Å². The van der Waals surface area contributed by atoms with E-state index in [2.05, 4.69) is 25.7 Å². The molecule has 0 bridgehead atoms. The second-order valence-corrected chi connectivity index (χ2v) is 3.49. The van der Waals surface area contributed by atoms with Crippen molar-refractivity contribution in [2.45, 2.75) is 32.5 Å². The first kappa shape index (κ1) is 8.97. The Kier molecular flexibility index (Phi) is 2.52. The lowest BCUT2D eigenvalue weighted by molar-refractivity contribution is -0.0931. The highest BCUT2D eigenvalue weighted by molar-refractivity contribution is 4.81. The van der Waals surface area contributed by atoms with E-state index in [1.165, 1.54) is 0 Å². The second kappa shape index (κ2) is 3.09. The molecular formula is C8H17NO2. The van der Waals surface area contributed by atoms with Crippen LogP contribution < -0.4 is 0 Å². The van der Waals surface area contributed by atoms with Crippen molar-refractivity contribution in [3.8, 4) is 0 Å². The van der Waals surface area contributed by atoms with Crippen molar-refractivity contribution in [2.24, 2.45) is 0 Å². The van der Waals surface area contributed by atoms with E-state index in [0.29, 0.717) is 12.8 Å². The summed E-state index contributed by atoms with van der Waals surface area (Å²) in [5, 5.41) is 0. The molecule has 0 amide bonds. The maximum Gasteiger partial charge on any atom is 0.118 e. The van der Waals surface area contributed by atoms with Gasteiger partial charge in [0.25, 0.3) is 0 Å². The van der Waals surface area contributed by atoms with Crippen molar-refractivity contribution in [3.63, 3.8) is 0 Å². The van der Waals surface area contributed by atoms with Crippen LogP contribution in [-0.2, 0) is 9.47 Å². The summed E-state index contributed by atoms with van der Waals surface area (Å²) in [6.45, 7) is 7.73. The zero-order chi connectivity index (χ0) is 8.48. The van der Waals surface area contributed by atoms with E-state index in [9.17, 15) is 0 Å². The fourth-order valence-corrected chi connectivity index (χ4v) is 1.45. The van der Waals surface area contributed by atoms with Crippen LogP contribution in [0.3, 0.4) is 0 Å². The van der Waals surface area contributed by atoms with Crippen LogP contribution in [0.25, 0.3) is 0 Å². The molecule has 0 aromatic heterocycles. The Morgan fingerprint density at radius 1 is 1.64 bits per heavy atom. The third-order valence-corrected chi connectivity index (χ3v) is 2.17. The van der Waals surface area contributed by atoms with Crippen molar-refractivity contribution in [2.75, 3.05) is 20.4 Å². The molecule has 1 atom stereocenters. The molecule has 0 radical (unpaired) electrons. The van der Waals surface area contributed by atoms with E-state index >= 15 is 0 Å². The van der Waals surface area contributed by atoms with Crippen LogP contribution in [0.1, 0.15) is 20.8 Å². The second-order valence-electron chi connectivity index (χ2n) is 3.49. The summed E-state index contributed by atoms with van der Waals surface area (Å²) in [6, 6.07) is 0.463. The van der Waals surface area contributed by atoms with Crippen molar-refractivity contribution in [3.05, 3.63) is 0 Å². The first-order valence-corrected chi connectivity index (χ1v) is 3.97. The van der Waals surface area contributed by atoms with Crippen LogP contribution in [0.4, 0.5) is 0 Å². The maximum atomic E-state index is 5.56. The minimum atomic E-state index is -0.157. The Morgan fingerprint density at radius 2 is 2.27 bits per heavy atom. The molecule has 1 aliphatic rings. The number of rotatable bonds is 2. The quantitative estimate of drug-likeness (QED) is 0.601. The molecule has 1 aliphatic heterocycles. The van der Waals surface area contributed by atoms with Gasteiger partial charge in [-0.3, -0.25) is 0 Å². The smallest absolute Gasteiger partial charge is 0.118 e. The number of hydrogen-bond donors (Lipinski definition) is 0. The number of hydrogen-bond acceptors (Lipinski definition) is 3. The molecule has 0 aromatic carbocycles. The third-order valence-electron chi connectivity index (χ3n) is 2.17. The highest BCUT2D eigenvalue weighted by Gasteiger charge is 2.37. The molecule has 0 N–H and O–H groups in total. The van der Waals surface area contributed by atoms with Gasteiger partial charge >= 0.3 is 0 Å².